The van der Waals surface area contributed by atoms with E-state index in [1.807, 2.05) is 19.9 Å². The molecular weight excluding hydrogens is 364 g/mol. The highest BCUT2D eigenvalue weighted by molar-refractivity contribution is 7.17. The van der Waals surface area contributed by atoms with Crippen LogP contribution in [0.4, 0.5) is 5.00 Å². The second kappa shape index (κ2) is 6.73. The maximum Gasteiger partial charge on any atom is 0.296 e. The lowest BCUT2D eigenvalue weighted by Crippen LogP contribution is -2.19. The van der Waals surface area contributed by atoms with Crippen molar-refractivity contribution in [2.45, 2.75) is 46.0 Å². The van der Waals surface area contributed by atoms with Gasteiger partial charge in [-0.25, -0.2) is 9.50 Å². The lowest BCUT2D eigenvalue weighted by atomic mass is 10.1. The largest absolute Gasteiger partial charge is 0.365 e. The van der Waals surface area contributed by atoms with Crippen molar-refractivity contribution in [1.29, 1.82) is 0 Å². The molecule has 3 heterocycles. The number of carbonyl (C=O) groups is 2. The van der Waals surface area contributed by atoms with E-state index in [0.29, 0.717) is 16.3 Å². The average Bonchev–Trinajstić information content (AvgIpc) is 3.09. The maximum atomic E-state index is 12.7. The number of amides is 2. The summed E-state index contributed by atoms with van der Waals surface area (Å²) < 4.78 is 1.53. The Morgan fingerprint density at radius 1 is 1.19 bits per heavy atom. The minimum atomic E-state index is -0.513. The van der Waals surface area contributed by atoms with Gasteiger partial charge in [0.2, 0.25) is 5.82 Å². The van der Waals surface area contributed by atoms with Crippen LogP contribution in [0.5, 0.6) is 0 Å². The SMILES string of the molecule is Cc1cc(C)n2nc(C(=O)Nc3sc4c(c3C(N)=O)CCCCC4)nc2n1. The normalized spacial score (nSPS) is 14.0. The van der Waals surface area contributed by atoms with Crippen molar-refractivity contribution in [3.63, 3.8) is 0 Å². The first-order valence-electron chi connectivity index (χ1n) is 8.90. The fourth-order valence-electron chi connectivity index (χ4n) is 3.51. The van der Waals surface area contributed by atoms with Gasteiger partial charge in [-0.2, -0.15) is 4.98 Å². The maximum absolute atomic E-state index is 12.7. The van der Waals surface area contributed by atoms with E-state index in [4.69, 9.17) is 5.73 Å². The van der Waals surface area contributed by atoms with Crippen molar-refractivity contribution < 1.29 is 9.59 Å². The number of hydrogen-bond acceptors (Lipinski definition) is 6. The van der Waals surface area contributed by atoms with E-state index < -0.39 is 11.8 Å². The van der Waals surface area contributed by atoms with Crippen molar-refractivity contribution in [3.8, 4) is 0 Å². The number of hydrogen-bond donors (Lipinski definition) is 2. The Hall–Kier alpha value is -2.81. The molecule has 0 unspecified atom stereocenters. The van der Waals surface area contributed by atoms with Crippen LogP contribution in [0.15, 0.2) is 6.07 Å². The van der Waals surface area contributed by atoms with Gasteiger partial charge in [0, 0.05) is 16.3 Å². The molecule has 0 spiro atoms. The standard InChI is InChI=1S/C18H20N6O2S/c1-9-8-10(2)24-18(20-9)21-15(23-24)16(26)22-17-13(14(19)25)11-6-4-3-5-7-12(11)27-17/h8H,3-7H2,1-2H3,(H2,19,25)(H,22,26). The van der Waals surface area contributed by atoms with Crippen LogP contribution in [-0.4, -0.2) is 31.4 Å². The Labute approximate surface area is 159 Å². The van der Waals surface area contributed by atoms with E-state index in [-0.39, 0.29) is 5.82 Å². The molecule has 2 amide bonds. The monoisotopic (exact) mass is 384 g/mol. The van der Waals surface area contributed by atoms with Crippen molar-refractivity contribution in [1.82, 2.24) is 19.6 Å². The van der Waals surface area contributed by atoms with E-state index in [1.54, 1.807) is 0 Å². The predicted molar refractivity (Wildman–Crippen MR) is 102 cm³/mol. The smallest absolute Gasteiger partial charge is 0.296 e. The zero-order chi connectivity index (χ0) is 19.1. The fraction of sp³-hybridized carbons (Fsp3) is 0.389. The van der Waals surface area contributed by atoms with Crippen LogP contribution in [-0.2, 0) is 12.8 Å². The Balaban J connectivity index is 1.69. The zero-order valence-corrected chi connectivity index (χ0v) is 16.0. The van der Waals surface area contributed by atoms with Crippen molar-refractivity contribution in [2.75, 3.05) is 5.32 Å². The Morgan fingerprint density at radius 3 is 2.74 bits per heavy atom. The first-order chi connectivity index (χ1) is 12.9. The fourth-order valence-corrected chi connectivity index (χ4v) is 4.80. The molecule has 3 aromatic heterocycles. The quantitative estimate of drug-likeness (QED) is 0.673. The number of nitrogens with one attached hydrogen (secondary N) is 1. The second-order valence-corrected chi connectivity index (χ2v) is 7.88. The van der Waals surface area contributed by atoms with Gasteiger partial charge < -0.3 is 11.1 Å². The van der Waals surface area contributed by atoms with Gasteiger partial charge in [0.05, 0.1) is 5.56 Å². The Morgan fingerprint density at radius 2 is 1.96 bits per heavy atom. The summed E-state index contributed by atoms with van der Waals surface area (Å²) in [5, 5.41) is 7.52. The number of fused-ring (bicyclic) bond motifs is 2. The molecule has 27 heavy (non-hydrogen) atoms. The van der Waals surface area contributed by atoms with E-state index in [9.17, 15) is 9.59 Å². The number of primary amides is 1. The highest BCUT2D eigenvalue weighted by Crippen LogP contribution is 2.37. The van der Waals surface area contributed by atoms with Crippen molar-refractivity contribution in [3.05, 3.63) is 39.3 Å². The summed E-state index contributed by atoms with van der Waals surface area (Å²) >= 11 is 1.43. The minimum absolute atomic E-state index is 0.00946. The van der Waals surface area contributed by atoms with Crippen LogP contribution in [0.25, 0.3) is 5.78 Å². The van der Waals surface area contributed by atoms with Crippen LogP contribution in [0.3, 0.4) is 0 Å². The molecule has 0 bridgehead atoms. The molecule has 0 atom stereocenters. The molecule has 0 saturated heterocycles. The van der Waals surface area contributed by atoms with Gasteiger partial charge in [-0.3, -0.25) is 9.59 Å². The number of carbonyl (C=O) groups excluding carboxylic acids is 2. The molecule has 140 valence electrons. The molecule has 8 nitrogen and oxygen atoms in total. The van der Waals surface area contributed by atoms with Gasteiger partial charge >= 0.3 is 0 Å². The number of aryl methyl sites for hydroxylation is 3. The Kier molecular flexibility index (Phi) is 4.39. The van der Waals surface area contributed by atoms with Gasteiger partial charge in [0.15, 0.2) is 0 Å². The number of thiophene rings is 1. The molecule has 1 aliphatic rings. The van der Waals surface area contributed by atoms with Crippen LogP contribution >= 0.6 is 11.3 Å². The zero-order valence-electron chi connectivity index (χ0n) is 15.2. The summed E-state index contributed by atoms with van der Waals surface area (Å²) in [4.78, 5) is 34.4. The summed E-state index contributed by atoms with van der Waals surface area (Å²) in [6, 6.07) is 1.87. The van der Waals surface area contributed by atoms with E-state index in [1.165, 1.54) is 15.9 Å². The van der Waals surface area contributed by atoms with Gasteiger partial charge in [-0.15, -0.1) is 16.4 Å². The minimum Gasteiger partial charge on any atom is -0.365 e. The summed E-state index contributed by atoms with van der Waals surface area (Å²) in [6.45, 7) is 3.73. The third-order valence-electron chi connectivity index (χ3n) is 4.72. The van der Waals surface area contributed by atoms with E-state index in [2.05, 4.69) is 20.4 Å². The van der Waals surface area contributed by atoms with E-state index >= 15 is 0 Å². The Bertz CT molecular complexity index is 1070. The molecule has 3 N–H and O–H groups in total. The molecular formula is C18H20N6O2S. The first-order valence-corrected chi connectivity index (χ1v) is 9.72. The molecule has 1 aliphatic carbocycles. The third kappa shape index (κ3) is 3.18. The number of nitrogens with zero attached hydrogens (tertiary/aromatic N) is 4. The molecule has 3 aromatic rings. The molecule has 0 aliphatic heterocycles. The van der Waals surface area contributed by atoms with Crippen molar-refractivity contribution >= 4 is 33.9 Å². The van der Waals surface area contributed by atoms with Crippen LogP contribution in [0.1, 0.15) is 62.1 Å². The number of aromatic nitrogens is 4. The molecule has 4 rings (SSSR count). The predicted octanol–water partition coefficient (Wildman–Crippen LogP) is 2.42. The third-order valence-corrected chi connectivity index (χ3v) is 5.92. The highest BCUT2D eigenvalue weighted by atomic mass is 32.1. The van der Waals surface area contributed by atoms with Crippen LogP contribution < -0.4 is 11.1 Å². The number of nitrogens with two attached hydrogens (primary N) is 1. The molecule has 0 fully saturated rings. The lowest BCUT2D eigenvalue weighted by Gasteiger charge is -2.04. The molecule has 0 aromatic carbocycles. The van der Waals surface area contributed by atoms with Crippen LogP contribution in [0, 0.1) is 13.8 Å². The highest BCUT2D eigenvalue weighted by Gasteiger charge is 2.25. The lowest BCUT2D eigenvalue weighted by molar-refractivity contribution is 0.100. The summed E-state index contributed by atoms with van der Waals surface area (Å²) in [7, 11) is 0. The summed E-state index contributed by atoms with van der Waals surface area (Å²) in [6.07, 6.45) is 4.96. The van der Waals surface area contributed by atoms with E-state index in [0.717, 1.165) is 53.9 Å². The first kappa shape index (κ1) is 17.6. The molecule has 9 heteroatoms. The average molecular weight is 384 g/mol. The summed E-state index contributed by atoms with van der Waals surface area (Å²) in [5.74, 6) is -0.609. The molecule has 0 radical (unpaired) electrons. The summed E-state index contributed by atoms with van der Waals surface area (Å²) in [5.41, 5.74) is 8.67. The van der Waals surface area contributed by atoms with Gasteiger partial charge in [-0.1, -0.05) is 6.42 Å². The number of anilines is 1. The number of rotatable bonds is 3. The van der Waals surface area contributed by atoms with Crippen LogP contribution in [0.2, 0.25) is 0 Å². The van der Waals surface area contributed by atoms with Gasteiger partial charge in [-0.05, 0) is 51.2 Å². The second-order valence-electron chi connectivity index (χ2n) is 6.77. The van der Waals surface area contributed by atoms with Gasteiger partial charge in [0.1, 0.15) is 5.00 Å². The van der Waals surface area contributed by atoms with Crippen molar-refractivity contribution in [2.24, 2.45) is 5.73 Å². The topological polar surface area (TPSA) is 115 Å². The molecule has 0 saturated carbocycles. The van der Waals surface area contributed by atoms with Gasteiger partial charge in [0.25, 0.3) is 17.6 Å².